The minimum Gasteiger partial charge on any atom is -0.395 e. The number of anilines is 1. The van der Waals surface area contributed by atoms with Crippen molar-refractivity contribution in [1.82, 2.24) is 0 Å². The third kappa shape index (κ3) is 4.27. The molecule has 2 aromatic rings. The van der Waals surface area contributed by atoms with E-state index in [0.29, 0.717) is 18.8 Å². The van der Waals surface area contributed by atoms with Gasteiger partial charge >= 0.3 is 5.76 Å². The number of halogens is 2. The predicted octanol–water partition coefficient (Wildman–Crippen LogP) is 2.68. The van der Waals surface area contributed by atoms with Crippen LogP contribution in [0.15, 0.2) is 59.5 Å². The van der Waals surface area contributed by atoms with Gasteiger partial charge in [0.05, 0.1) is 11.5 Å². The molecule has 0 saturated heterocycles. The first kappa shape index (κ1) is 17.4. The largest absolute Gasteiger partial charge is 0.395 e. The molecule has 2 aromatic carbocycles. The van der Waals surface area contributed by atoms with Crippen LogP contribution in [0.2, 0.25) is 0 Å². The van der Waals surface area contributed by atoms with Crippen molar-refractivity contribution in [3.8, 4) is 0 Å². The molecule has 0 spiro atoms. The van der Waals surface area contributed by atoms with Crippen molar-refractivity contribution in [2.24, 2.45) is 0 Å². The molecule has 0 aliphatic rings. The van der Waals surface area contributed by atoms with Crippen molar-refractivity contribution >= 4 is 15.5 Å². The molecule has 0 atom stereocenters. The van der Waals surface area contributed by atoms with Gasteiger partial charge in [0.25, 0.3) is 0 Å². The zero-order chi connectivity index (χ0) is 16.9. The average Bonchev–Trinajstić information content (AvgIpc) is 2.55. The van der Waals surface area contributed by atoms with Gasteiger partial charge in [-0.05, 0) is 29.8 Å². The van der Waals surface area contributed by atoms with Gasteiger partial charge in [-0.2, -0.15) is 8.78 Å². The Hall–Kier alpha value is -1.99. The minimum atomic E-state index is -4.59. The van der Waals surface area contributed by atoms with Crippen molar-refractivity contribution in [1.29, 1.82) is 0 Å². The van der Waals surface area contributed by atoms with Crippen LogP contribution in [0.25, 0.3) is 0 Å². The molecule has 0 unspecified atom stereocenters. The number of sulfone groups is 1. The highest BCUT2D eigenvalue weighted by Gasteiger charge is 2.26. The van der Waals surface area contributed by atoms with Crippen LogP contribution in [-0.4, -0.2) is 32.4 Å². The number of hydrogen-bond donors (Lipinski definition) is 1. The van der Waals surface area contributed by atoms with Crippen LogP contribution in [0.1, 0.15) is 5.56 Å². The summed E-state index contributed by atoms with van der Waals surface area (Å²) >= 11 is 0. The van der Waals surface area contributed by atoms with Gasteiger partial charge in [0.15, 0.2) is 0 Å². The Morgan fingerprint density at radius 3 is 2.13 bits per heavy atom. The molecule has 0 amide bonds. The highest BCUT2D eigenvalue weighted by atomic mass is 32.2. The summed E-state index contributed by atoms with van der Waals surface area (Å²) in [5.41, 5.74) is 1.67. The lowest BCUT2D eigenvalue weighted by Gasteiger charge is -2.24. The average molecular weight is 341 g/mol. The highest BCUT2D eigenvalue weighted by Crippen LogP contribution is 2.23. The molecule has 0 aromatic heterocycles. The zero-order valence-electron chi connectivity index (χ0n) is 12.3. The molecule has 23 heavy (non-hydrogen) atoms. The smallest absolute Gasteiger partial charge is 0.341 e. The zero-order valence-corrected chi connectivity index (χ0v) is 13.1. The molecule has 0 bridgehead atoms. The quantitative estimate of drug-likeness (QED) is 0.841. The second-order valence-corrected chi connectivity index (χ2v) is 6.85. The first-order valence-corrected chi connectivity index (χ1v) is 8.51. The highest BCUT2D eigenvalue weighted by molar-refractivity contribution is 7.91. The Balaban J connectivity index is 2.23. The summed E-state index contributed by atoms with van der Waals surface area (Å²) in [5, 5.41) is 9.20. The number of aliphatic hydroxyl groups is 1. The first-order valence-electron chi connectivity index (χ1n) is 6.97. The maximum atomic E-state index is 12.5. The number of rotatable bonds is 7. The monoisotopic (exact) mass is 341 g/mol. The second-order valence-electron chi connectivity index (χ2n) is 4.93. The van der Waals surface area contributed by atoms with Crippen LogP contribution >= 0.6 is 0 Å². The summed E-state index contributed by atoms with van der Waals surface area (Å²) in [4.78, 5) is 1.42. The molecule has 124 valence electrons. The van der Waals surface area contributed by atoms with Crippen LogP contribution < -0.4 is 4.90 Å². The Morgan fingerprint density at radius 1 is 1.00 bits per heavy atom. The van der Waals surface area contributed by atoms with Crippen molar-refractivity contribution < 1.29 is 22.3 Å². The van der Waals surface area contributed by atoms with E-state index in [-0.39, 0.29) is 6.61 Å². The molecule has 0 radical (unpaired) electrons. The standard InChI is InChI=1S/C16H17F2NO3S/c17-16(18)23(21,22)15-8-6-14(7-9-15)19(10-11-20)12-13-4-2-1-3-5-13/h1-9,16,20H,10-12H2. The Kier molecular flexibility index (Phi) is 5.68. The van der Waals surface area contributed by atoms with Gasteiger partial charge in [-0.3, -0.25) is 0 Å². The molecule has 0 aliphatic heterocycles. The minimum absolute atomic E-state index is 0.0794. The Labute approximate surface area is 133 Å². The van der Waals surface area contributed by atoms with Gasteiger partial charge < -0.3 is 10.0 Å². The van der Waals surface area contributed by atoms with Gasteiger partial charge in [-0.25, -0.2) is 8.42 Å². The number of benzene rings is 2. The Bertz CT molecular complexity index is 719. The van der Waals surface area contributed by atoms with Gasteiger partial charge in [-0.1, -0.05) is 30.3 Å². The summed E-state index contributed by atoms with van der Waals surface area (Å²) < 4.78 is 47.9. The van der Waals surface area contributed by atoms with Gasteiger partial charge in [0.1, 0.15) is 0 Å². The van der Waals surface area contributed by atoms with E-state index in [2.05, 4.69) is 0 Å². The molecule has 0 saturated carbocycles. The van der Waals surface area contributed by atoms with E-state index in [1.54, 1.807) is 0 Å². The maximum absolute atomic E-state index is 12.5. The number of aliphatic hydroxyl groups excluding tert-OH is 1. The van der Waals surface area contributed by atoms with Gasteiger partial charge in [0, 0.05) is 18.8 Å². The number of nitrogens with zero attached hydrogens (tertiary/aromatic N) is 1. The summed E-state index contributed by atoms with van der Waals surface area (Å²) in [6.07, 6.45) is 0. The van der Waals surface area contributed by atoms with Gasteiger partial charge in [-0.15, -0.1) is 0 Å². The lowest BCUT2D eigenvalue weighted by molar-refractivity contribution is 0.234. The van der Waals surface area contributed by atoms with E-state index >= 15 is 0 Å². The predicted molar refractivity (Wildman–Crippen MR) is 84.2 cm³/mol. The molecule has 1 N–H and O–H groups in total. The van der Waals surface area contributed by atoms with E-state index in [1.807, 2.05) is 35.2 Å². The Morgan fingerprint density at radius 2 is 1.61 bits per heavy atom. The van der Waals surface area contributed by atoms with Crippen LogP contribution in [0.3, 0.4) is 0 Å². The van der Waals surface area contributed by atoms with Crippen molar-refractivity contribution in [2.75, 3.05) is 18.1 Å². The fourth-order valence-electron chi connectivity index (χ4n) is 2.17. The van der Waals surface area contributed by atoms with Crippen LogP contribution in [0.5, 0.6) is 0 Å². The third-order valence-corrected chi connectivity index (χ3v) is 4.75. The van der Waals surface area contributed by atoms with E-state index in [4.69, 9.17) is 0 Å². The van der Waals surface area contributed by atoms with E-state index < -0.39 is 20.5 Å². The van der Waals surface area contributed by atoms with Crippen molar-refractivity contribution in [3.05, 3.63) is 60.2 Å². The van der Waals surface area contributed by atoms with E-state index in [9.17, 15) is 22.3 Å². The van der Waals surface area contributed by atoms with Gasteiger partial charge in [0.2, 0.25) is 9.84 Å². The molecule has 0 fully saturated rings. The molecule has 2 rings (SSSR count). The summed E-state index contributed by atoms with van der Waals surface area (Å²) in [7, 11) is -4.59. The third-order valence-electron chi connectivity index (χ3n) is 3.35. The van der Waals surface area contributed by atoms with Crippen LogP contribution in [-0.2, 0) is 16.4 Å². The lowest BCUT2D eigenvalue weighted by Crippen LogP contribution is -2.26. The molecular formula is C16H17F2NO3S. The molecule has 7 heteroatoms. The topological polar surface area (TPSA) is 57.6 Å². The fourth-order valence-corrected chi connectivity index (χ4v) is 2.89. The second kappa shape index (κ2) is 7.52. The van der Waals surface area contributed by atoms with Crippen LogP contribution in [0.4, 0.5) is 14.5 Å². The summed E-state index contributed by atoms with van der Waals surface area (Å²) in [6.45, 7) is 0.780. The normalized spacial score (nSPS) is 11.7. The first-order chi connectivity index (χ1) is 10.9. The molecule has 4 nitrogen and oxygen atoms in total. The van der Waals surface area contributed by atoms with Crippen molar-refractivity contribution in [2.45, 2.75) is 17.2 Å². The van der Waals surface area contributed by atoms with E-state index in [1.165, 1.54) is 12.1 Å². The molecule has 0 heterocycles. The van der Waals surface area contributed by atoms with E-state index in [0.717, 1.165) is 17.7 Å². The maximum Gasteiger partial charge on any atom is 0.341 e. The number of hydrogen-bond acceptors (Lipinski definition) is 4. The summed E-state index contributed by atoms with van der Waals surface area (Å²) in [5.74, 6) is -3.44. The fraction of sp³-hybridized carbons (Fsp3) is 0.250. The molecule has 0 aliphatic carbocycles. The summed E-state index contributed by atoms with van der Waals surface area (Å²) in [6, 6.07) is 14.8. The SMILES string of the molecule is O=S(=O)(c1ccc(N(CCO)Cc2ccccc2)cc1)C(F)F. The van der Waals surface area contributed by atoms with Crippen LogP contribution in [0, 0.1) is 0 Å². The van der Waals surface area contributed by atoms with Crippen molar-refractivity contribution in [3.63, 3.8) is 0 Å². The molecular weight excluding hydrogens is 324 g/mol. The lowest BCUT2D eigenvalue weighted by atomic mass is 10.2. The number of alkyl halides is 2.